The Kier molecular flexibility index (Phi) is 4.21. The first kappa shape index (κ1) is 13.3. The molecule has 0 saturated carbocycles. The van der Waals surface area contributed by atoms with E-state index in [1.54, 1.807) is 0 Å². The van der Waals surface area contributed by atoms with Gasteiger partial charge in [0, 0.05) is 4.47 Å². The van der Waals surface area contributed by atoms with Gasteiger partial charge in [-0.05, 0) is 12.1 Å². The number of halogens is 2. The fourth-order valence-electron chi connectivity index (χ4n) is 1.00. The summed E-state index contributed by atoms with van der Waals surface area (Å²) in [5, 5.41) is 5.15. The largest absolute Gasteiger partial charge is 0.478 e. The number of terminal acetylenes is 1. The molecular weight excluding hydrogens is 318 g/mol. The molecule has 0 saturated heterocycles. The highest BCUT2D eigenvalue weighted by molar-refractivity contribution is 9.10. The summed E-state index contributed by atoms with van der Waals surface area (Å²) in [6, 6.07) is 2.79. The first-order valence-corrected chi connectivity index (χ1v) is 6.66. The predicted molar refractivity (Wildman–Crippen MR) is 64.9 cm³/mol. The van der Waals surface area contributed by atoms with Crippen molar-refractivity contribution in [1.82, 2.24) is 0 Å². The van der Waals surface area contributed by atoms with Gasteiger partial charge in [0.2, 0.25) is 10.0 Å². The van der Waals surface area contributed by atoms with Crippen molar-refractivity contribution in [1.29, 1.82) is 0 Å². The molecule has 0 heterocycles. The van der Waals surface area contributed by atoms with E-state index in [4.69, 9.17) is 27.9 Å². The molecule has 0 atom stereocenters. The topological polar surface area (TPSA) is 69.4 Å². The fourth-order valence-corrected chi connectivity index (χ4v) is 2.79. The van der Waals surface area contributed by atoms with E-state index in [1.807, 2.05) is 0 Å². The number of rotatable bonds is 3. The molecule has 0 aliphatic rings. The second kappa shape index (κ2) is 5.06. The molecule has 2 N–H and O–H groups in total. The van der Waals surface area contributed by atoms with E-state index in [9.17, 15) is 8.42 Å². The van der Waals surface area contributed by atoms with E-state index in [-0.39, 0.29) is 22.3 Å². The van der Waals surface area contributed by atoms with Crippen molar-refractivity contribution in [2.75, 3.05) is 6.61 Å². The third-order valence-corrected chi connectivity index (χ3v) is 3.24. The van der Waals surface area contributed by atoms with Crippen molar-refractivity contribution in [3.63, 3.8) is 0 Å². The maximum atomic E-state index is 11.3. The van der Waals surface area contributed by atoms with Crippen LogP contribution >= 0.6 is 27.5 Å². The molecule has 0 aliphatic carbocycles. The Hall–Kier alpha value is -0.740. The average Bonchev–Trinajstić information content (AvgIpc) is 2.14. The van der Waals surface area contributed by atoms with Crippen molar-refractivity contribution in [3.05, 3.63) is 21.6 Å². The lowest BCUT2D eigenvalue weighted by Crippen LogP contribution is -2.14. The molecule has 1 aromatic rings. The molecule has 0 unspecified atom stereocenters. The SMILES string of the molecule is C#CCOc1c(Cl)cc(Br)cc1S(N)(=O)=O. The molecule has 1 aromatic carbocycles. The molecule has 0 spiro atoms. The van der Waals surface area contributed by atoms with Crippen molar-refractivity contribution >= 4 is 37.6 Å². The Balaban J connectivity index is 3.40. The number of nitrogens with two attached hydrogens (primary N) is 1. The monoisotopic (exact) mass is 323 g/mol. The molecule has 7 heteroatoms. The third kappa shape index (κ3) is 3.12. The van der Waals surface area contributed by atoms with Crippen LogP contribution in [0.1, 0.15) is 0 Å². The van der Waals surface area contributed by atoms with Gasteiger partial charge >= 0.3 is 0 Å². The minimum atomic E-state index is -3.92. The van der Waals surface area contributed by atoms with Crippen molar-refractivity contribution in [2.45, 2.75) is 4.90 Å². The van der Waals surface area contributed by atoms with E-state index < -0.39 is 10.0 Å². The van der Waals surface area contributed by atoms with Crippen LogP contribution in [0.3, 0.4) is 0 Å². The molecule has 0 aliphatic heterocycles. The van der Waals surface area contributed by atoms with Gasteiger partial charge in [0.1, 0.15) is 11.5 Å². The highest BCUT2D eigenvalue weighted by Gasteiger charge is 2.19. The second-order valence-corrected chi connectivity index (χ2v) is 5.61. The normalized spacial score (nSPS) is 10.9. The van der Waals surface area contributed by atoms with Crippen molar-refractivity contribution < 1.29 is 13.2 Å². The summed E-state index contributed by atoms with van der Waals surface area (Å²) < 4.78 is 28.1. The first-order chi connectivity index (χ1) is 7.36. The van der Waals surface area contributed by atoms with E-state index in [0.717, 1.165) is 0 Å². The van der Waals surface area contributed by atoms with Crippen LogP contribution < -0.4 is 9.88 Å². The van der Waals surface area contributed by atoms with Crippen LogP contribution in [0.2, 0.25) is 5.02 Å². The van der Waals surface area contributed by atoms with Gasteiger partial charge in [-0.15, -0.1) is 6.42 Å². The Morgan fingerprint density at radius 2 is 2.19 bits per heavy atom. The standard InChI is InChI=1S/C9H7BrClNO3S/c1-2-3-15-9-7(11)4-6(10)5-8(9)16(12,13)14/h1,4-5H,3H2,(H2,12,13,14). The van der Waals surface area contributed by atoms with E-state index in [0.29, 0.717) is 4.47 Å². The zero-order valence-electron chi connectivity index (χ0n) is 7.91. The summed E-state index contributed by atoms with van der Waals surface area (Å²) in [4.78, 5) is -0.206. The highest BCUT2D eigenvalue weighted by Crippen LogP contribution is 2.34. The lowest BCUT2D eigenvalue weighted by atomic mass is 10.3. The van der Waals surface area contributed by atoms with E-state index >= 15 is 0 Å². The number of primary sulfonamides is 1. The van der Waals surface area contributed by atoms with Crippen LogP contribution in [0.5, 0.6) is 5.75 Å². The molecule has 0 amide bonds. The fraction of sp³-hybridized carbons (Fsp3) is 0.111. The maximum absolute atomic E-state index is 11.3. The number of hydrogen-bond donors (Lipinski definition) is 1. The summed E-state index contributed by atoms with van der Waals surface area (Å²) in [6.07, 6.45) is 5.01. The summed E-state index contributed by atoms with van der Waals surface area (Å²) in [6.45, 7) is -0.0934. The van der Waals surface area contributed by atoms with Crippen LogP contribution in [0.15, 0.2) is 21.5 Å². The van der Waals surface area contributed by atoms with Crippen molar-refractivity contribution in [3.8, 4) is 18.1 Å². The average molecular weight is 325 g/mol. The Labute approximate surface area is 107 Å². The lowest BCUT2D eigenvalue weighted by Gasteiger charge is -2.10. The van der Waals surface area contributed by atoms with Crippen LogP contribution in [-0.2, 0) is 10.0 Å². The van der Waals surface area contributed by atoms with E-state index in [2.05, 4.69) is 21.9 Å². The Morgan fingerprint density at radius 1 is 1.56 bits per heavy atom. The highest BCUT2D eigenvalue weighted by atomic mass is 79.9. The third-order valence-electron chi connectivity index (χ3n) is 1.58. The zero-order chi connectivity index (χ0) is 12.3. The molecule has 0 bridgehead atoms. The Bertz CT molecular complexity index is 551. The minimum Gasteiger partial charge on any atom is -0.478 e. The summed E-state index contributed by atoms with van der Waals surface area (Å²) in [5.74, 6) is 2.17. The van der Waals surface area contributed by atoms with Gasteiger partial charge in [-0.2, -0.15) is 0 Å². The zero-order valence-corrected chi connectivity index (χ0v) is 11.1. The lowest BCUT2D eigenvalue weighted by molar-refractivity contribution is 0.360. The quantitative estimate of drug-likeness (QED) is 0.861. The van der Waals surface area contributed by atoms with Gasteiger partial charge in [0.15, 0.2) is 5.75 Å². The molecule has 16 heavy (non-hydrogen) atoms. The minimum absolute atomic E-state index is 0.0367. The number of ether oxygens (including phenoxy) is 1. The molecule has 0 fully saturated rings. The first-order valence-electron chi connectivity index (χ1n) is 3.94. The van der Waals surface area contributed by atoms with Crippen LogP contribution in [-0.4, -0.2) is 15.0 Å². The van der Waals surface area contributed by atoms with Gasteiger partial charge in [-0.3, -0.25) is 0 Å². The number of hydrogen-bond acceptors (Lipinski definition) is 3. The predicted octanol–water partition coefficient (Wildman–Crippen LogP) is 1.76. The van der Waals surface area contributed by atoms with Crippen LogP contribution in [0, 0.1) is 12.3 Å². The van der Waals surface area contributed by atoms with Gasteiger partial charge in [0.05, 0.1) is 5.02 Å². The smallest absolute Gasteiger partial charge is 0.241 e. The molecule has 0 aromatic heterocycles. The van der Waals surface area contributed by atoms with Gasteiger partial charge in [-0.25, -0.2) is 13.6 Å². The number of benzene rings is 1. The van der Waals surface area contributed by atoms with Crippen molar-refractivity contribution in [2.24, 2.45) is 5.14 Å². The van der Waals surface area contributed by atoms with Gasteiger partial charge < -0.3 is 4.74 Å². The van der Waals surface area contributed by atoms with Gasteiger partial charge in [-0.1, -0.05) is 33.5 Å². The molecule has 0 radical (unpaired) electrons. The molecule has 4 nitrogen and oxygen atoms in total. The van der Waals surface area contributed by atoms with Crippen LogP contribution in [0.25, 0.3) is 0 Å². The Morgan fingerprint density at radius 3 is 2.69 bits per heavy atom. The van der Waals surface area contributed by atoms with Crippen LogP contribution in [0.4, 0.5) is 0 Å². The summed E-state index contributed by atoms with van der Waals surface area (Å²) >= 11 is 8.94. The van der Waals surface area contributed by atoms with Gasteiger partial charge in [0.25, 0.3) is 0 Å². The summed E-state index contributed by atoms with van der Waals surface area (Å²) in [5.41, 5.74) is 0. The summed E-state index contributed by atoms with van der Waals surface area (Å²) in [7, 11) is -3.92. The maximum Gasteiger partial charge on any atom is 0.241 e. The molecule has 1 rings (SSSR count). The number of sulfonamides is 1. The second-order valence-electron chi connectivity index (χ2n) is 2.75. The van der Waals surface area contributed by atoms with E-state index in [1.165, 1.54) is 12.1 Å². The molecular formula is C9H7BrClNO3S. The molecule has 86 valence electrons.